The maximum absolute atomic E-state index is 14.1. The number of alkyl carbamates (subject to hydrolysis) is 1. The lowest BCUT2D eigenvalue weighted by Gasteiger charge is -2.35. The topological polar surface area (TPSA) is 173 Å². The summed E-state index contributed by atoms with van der Waals surface area (Å²) in [6.45, 7) is 9.40. The molecule has 5 atom stereocenters. The summed E-state index contributed by atoms with van der Waals surface area (Å²) in [5.41, 5.74) is -1.50. The van der Waals surface area contributed by atoms with Gasteiger partial charge in [0.05, 0.1) is 29.5 Å². The fourth-order valence-electron chi connectivity index (χ4n) is 5.82. The third-order valence-electron chi connectivity index (χ3n) is 8.77. The monoisotopic (exact) mass is 687 g/mol. The number of likely N-dealkylation sites (tertiary alicyclic amines) is 1. The van der Waals surface area contributed by atoms with Gasteiger partial charge in [0, 0.05) is 30.6 Å². The number of nitrogens with zero attached hydrogens (tertiary/aromatic N) is 2. The Morgan fingerprint density at radius 2 is 1.98 bits per heavy atom. The summed E-state index contributed by atoms with van der Waals surface area (Å²) in [6, 6.07) is 5.37. The number of methoxy groups -OCH3 is 1. The fraction of sp³-hybridized carbons (Fsp3) is 0.531. The summed E-state index contributed by atoms with van der Waals surface area (Å²) in [7, 11) is -2.67. The quantitative estimate of drug-likeness (QED) is 0.284. The van der Waals surface area contributed by atoms with E-state index < -0.39 is 68.0 Å². The molecule has 5 rings (SSSR count). The van der Waals surface area contributed by atoms with E-state index in [0.29, 0.717) is 18.6 Å². The van der Waals surface area contributed by atoms with Gasteiger partial charge in [-0.15, -0.1) is 17.9 Å². The number of hydrogen-bond acceptors (Lipinski definition) is 10. The number of pyridine rings is 1. The van der Waals surface area contributed by atoms with Gasteiger partial charge in [0.1, 0.15) is 23.4 Å². The smallest absolute Gasteiger partial charge is 0.407 e. The van der Waals surface area contributed by atoms with Crippen LogP contribution in [-0.4, -0.2) is 85.3 Å². The molecule has 254 valence electrons. The van der Waals surface area contributed by atoms with Crippen LogP contribution in [0.3, 0.4) is 0 Å². The number of rotatable bonds is 12. The molecule has 1 saturated heterocycles. The van der Waals surface area contributed by atoms with Crippen molar-refractivity contribution in [3.63, 3.8) is 0 Å². The first kappa shape index (κ1) is 34.4. The van der Waals surface area contributed by atoms with Crippen molar-refractivity contribution < 1.29 is 37.1 Å². The van der Waals surface area contributed by atoms with Crippen molar-refractivity contribution in [2.24, 2.45) is 17.3 Å². The zero-order valence-electron chi connectivity index (χ0n) is 26.9. The SMILES string of the molecule is C=C[C@H]1C[C@]1(NC(=O)[C@@H]1C[C@@H](COc2ccnc(-c3cccs3)c2)CN1C(=O)[C@@H](NC(=O)OC)C(C)(C)C)C(=O)NS(=O)(=O)C1CC1. The average Bonchev–Trinajstić information content (AvgIpc) is 3.89. The minimum Gasteiger partial charge on any atom is -0.493 e. The fourth-order valence-corrected chi connectivity index (χ4v) is 7.88. The third-order valence-corrected chi connectivity index (χ3v) is 11.5. The van der Waals surface area contributed by atoms with Gasteiger partial charge in [0.25, 0.3) is 5.91 Å². The van der Waals surface area contributed by atoms with Crippen LogP contribution in [0.2, 0.25) is 0 Å². The first-order chi connectivity index (χ1) is 22.2. The van der Waals surface area contributed by atoms with Gasteiger partial charge in [0.2, 0.25) is 21.8 Å². The number of amides is 4. The van der Waals surface area contributed by atoms with Crippen LogP contribution in [0.1, 0.15) is 46.5 Å². The van der Waals surface area contributed by atoms with E-state index in [1.165, 1.54) is 18.1 Å². The Bertz CT molecular complexity index is 1640. The van der Waals surface area contributed by atoms with Crippen LogP contribution in [0.5, 0.6) is 5.75 Å². The molecule has 13 nitrogen and oxygen atoms in total. The van der Waals surface area contributed by atoms with Gasteiger partial charge < -0.3 is 25.0 Å². The van der Waals surface area contributed by atoms with Crippen molar-refractivity contribution in [1.82, 2.24) is 25.2 Å². The molecule has 0 aromatic carbocycles. The Kier molecular flexibility index (Phi) is 9.69. The first-order valence-electron chi connectivity index (χ1n) is 15.5. The Balaban J connectivity index is 1.36. The molecule has 0 radical (unpaired) electrons. The molecule has 15 heteroatoms. The molecular weight excluding hydrogens is 647 g/mol. The molecule has 2 aromatic rings. The molecule has 2 saturated carbocycles. The number of aromatic nitrogens is 1. The van der Waals surface area contributed by atoms with E-state index in [4.69, 9.17) is 9.47 Å². The maximum atomic E-state index is 14.1. The molecule has 47 heavy (non-hydrogen) atoms. The second kappa shape index (κ2) is 13.3. The van der Waals surface area contributed by atoms with E-state index in [9.17, 15) is 27.6 Å². The van der Waals surface area contributed by atoms with Gasteiger partial charge in [-0.3, -0.25) is 24.1 Å². The molecule has 3 heterocycles. The normalized spacial score (nSPS) is 24.5. The average molecular weight is 688 g/mol. The van der Waals surface area contributed by atoms with Gasteiger partial charge in [0.15, 0.2) is 0 Å². The zero-order valence-corrected chi connectivity index (χ0v) is 28.5. The van der Waals surface area contributed by atoms with Crippen LogP contribution in [0.15, 0.2) is 48.5 Å². The van der Waals surface area contributed by atoms with Gasteiger partial charge >= 0.3 is 6.09 Å². The summed E-state index contributed by atoms with van der Waals surface area (Å²) in [5.74, 6) is -2.13. The molecule has 0 bridgehead atoms. The second-order valence-electron chi connectivity index (χ2n) is 13.4. The molecule has 3 N–H and O–H groups in total. The standard InChI is InChI=1S/C32H41N5O8S2/c1-6-20-16-32(20,29(40)36-47(42,43)22-9-10-22)35-27(38)24-14-19(17-37(24)28(39)26(31(2,3)4)34-30(41)44-5)18-45-21-11-12-33-23(15-21)25-8-7-13-46-25/h6-8,11-13,15,19-20,22,24,26H,1,9-10,14,16-18H2,2-5H3,(H,34,41)(H,35,38)(H,36,40)/t19-,20+,24+,26-,32-/m1/s1. The lowest BCUT2D eigenvalue weighted by atomic mass is 9.85. The highest BCUT2D eigenvalue weighted by Crippen LogP contribution is 2.45. The highest BCUT2D eigenvalue weighted by atomic mass is 32.2. The largest absolute Gasteiger partial charge is 0.493 e. The number of carbonyl (C=O) groups is 4. The van der Waals surface area contributed by atoms with Crippen LogP contribution in [-0.2, 0) is 29.1 Å². The number of sulfonamides is 1. The van der Waals surface area contributed by atoms with Crippen LogP contribution in [0, 0.1) is 17.3 Å². The van der Waals surface area contributed by atoms with E-state index in [1.807, 2.05) is 23.6 Å². The Labute approximate surface area is 278 Å². The lowest BCUT2D eigenvalue weighted by Crippen LogP contribution is -2.60. The molecule has 3 aliphatic rings. The van der Waals surface area contributed by atoms with Crippen molar-refractivity contribution in [3.05, 3.63) is 48.5 Å². The number of hydrogen-bond donors (Lipinski definition) is 3. The molecule has 4 amide bonds. The van der Waals surface area contributed by atoms with Crippen LogP contribution < -0.4 is 20.1 Å². The van der Waals surface area contributed by atoms with Crippen molar-refractivity contribution in [3.8, 4) is 16.3 Å². The first-order valence-corrected chi connectivity index (χ1v) is 17.9. The van der Waals surface area contributed by atoms with Crippen LogP contribution in [0.25, 0.3) is 10.6 Å². The maximum Gasteiger partial charge on any atom is 0.407 e. The minimum atomic E-state index is -3.86. The third kappa shape index (κ3) is 7.61. The Hall–Kier alpha value is -3.98. The minimum absolute atomic E-state index is 0.134. The molecule has 2 aliphatic carbocycles. The zero-order chi connectivity index (χ0) is 34.1. The van der Waals surface area contributed by atoms with Crippen LogP contribution in [0.4, 0.5) is 4.79 Å². The van der Waals surface area contributed by atoms with E-state index in [-0.39, 0.29) is 31.9 Å². The number of thiophene rings is 1. The van der Waals surface area contributed by atoms with Crippen LogP contribution >= 0.6 is 11.3 Å². The Morgan fingerprint density at radius 3 is 2.57 bits per heavy atom. The van der Waals surface area contributed by atoms with E-state index in [1.54, 1.807) is 44.4 Å². The summed E-state index contributed by atoms with van der Waals surface area (Å²) >= 11 is 1.55. The summed E-state index contributed by atoms with van der Waals surface area (Å²) in [4.78, 5) is 60.5. The van der Waals surface area contributed by atoms with Gasteiger partial charge in [-0.25, -0.2) is 13.2 Å². The second-order valence-corrected chi connectivity index (χ2v) is 16.3. The van der Waals surface area contributed by atoms with Crippen molar-refractivity contribution in [2.75, 3.05) is 20.3 Å². The summed E-state index contributed by atoms with van der Waals surface area (Å²) < 4.78 is 38.2. The predicted octanol–water partition coefficient (Wildman–Crippen LogP) is 2.85. The Morgan fingerprint density at radius 1 is 1.23 bits per heavy atom. The number of nitrogens with one attached hydrogen (secondary N) is 3. The predicted molar refractivity (Wildman–Crippen MR) is 175 cm³/mol. The number of ether oxygens (including phenoxy) is 2. The highest BCUT2D eigenvalue weighted by Gasteiger charge is 2.62. The van der Waals surface area contributed by atoms with E-state index in [0.717, 1.165) is 10.6 Å². The van der Waals surface area contributed by atoms with E-state index >= 15 is 0 Å². The molecule has 1 aliphatic heterocycles. The van der Waals surface area contributed by atoms with Gasteiger partial charge in [-0.1, -0.05) is 32.9 Å². The van der Waals surface area contributed by atoms with Crippen molar-refractivity contribution in [2.45, 2.75) is 69.3 Å². The summed E-state index contributed by atoms with van der Waals surface area (Å²) in [6.07, 6.45) is 3.68. The molecule has 3 fully saturated rings. The summed E-state index contributed by atoms with van der Waals surface area (Å²) in [5, 5.41) is 6.72. The van der Waals surface area contributed by atoms with Gasteiger partial charge in [-0.2, -0.15) is 0 Å². The molecule has 2 aromatic heterocycles. The van der Waals surface area contributed by atoms with Crippen molar-refractivity contribution in [1.29, 1.82) is 0 Å². The van der Waals surface area contributed by atoms with E-state index in [2.05, 4.69) is 26.9 Å². The number of carbonyl (C=O) groups excluding carboxylic acids is 4. The molecule has 0 unspecified atom stereocenters. The van der Waals surface area contributed by atoms with Gasteiger partial charge in [-0.05, 0) is 48.6 Å². The highest BCUT2D eigenvalue weighted by molar-refractivity contribution is 7.91. The lowest BCUT2D eigenvalue weighted by molar-refractivity contribution is -0.142. The van der Waals surface area contributed by atoms with Crippen molar-refractivity contribution >= 4 is 45.2 Å². The molecular formula is C32H41N5O8S2. The molecule has 0 spiro atoms.